The van der Waals surface area contributed by atoms with E-state index in [1.165, 1.54) is 6.21 Å². The Kier molecular flexibility index (Phi) is 2.38. The van der Waals surface area contributed by atoms with Crippen molar-refractivity contribution in [1.82, 2.24) is 0 Å². The van der Waals surface area contributed by atoms with Crippen molar-refractivity contribution in [2.24, 2.45) is 4.99 Å². The average molecular weight is 133 g/mol. The summed E-state index contributed by atoms with van der Waals surface area (Å²) in [7, 11) is 0. The molecule has 50 valence electrons. The van der Waals surface area contributed by atoms with Gasteiger partial charge in [0.1, 0.15) is 0 Å². The highest BCUT2D eigenvalue weighted by atomic mass is 16.1. The molecule has 2 nitrogen and oxygen atoms in total. The molecule has 0 bridgehead atoms. The Hall–Kier alpha value is -1.44. The minimum Gasteiger partial charge on any atom is -0.276 e. The highest BCUT2D eigenvalue weighted by Crippen LogP contribution is 1.92. The molecule has 1 rings (SSSR count). The number of nitrogens with zero attached hydrogens (tertiary/aromatic N) is 1. The fourth-order valence-corrected chi connectivity index (χ4v) is 0.656. The Morgan fingerprint density at radius 1 is 1.20 bits per heavy atom. The summed E-state index contributed by atoms with van der Waals surface area (Å²) in [4.78, 5) is 13.2. The normalized spacial score (nSPS) is 10.0. The van der Waals surface area contributed by atoms with E-state index in [1.807, 2.05) is 30.3 Å². The number of amides is 1. The van der Waals surface area contributed by atoms with Gasteiger partial charge < -0.3 is 0 Å². The van der Waals surface area contributed by atoms with Gasteiger partial charge in [0.2, 0.25) is 6.41 Å². The molecule has 10 heavy (non-hydrogen) atoms. The van der Waals surface area contributed by atoms with Crippen LogP contribution in [0.1, 0.15) is 5.56 Å². The molecule has 0 N–H and O–H groups in total. The molecule has 0 aliphatic heterocycles. The van der Waals surface area contributed by atoms with Crippen LogP contribution in [0.15, 0.2) is 35.3 Å². The lowest BCUT2D eigenvalue weighted by molar-refractivity contribution is -0.106. The third-order valence-electron chi connectivity index (χ3n) is 1.08. The van der Waals surface area contributed by atoms with Gasteiger partial charge in [-0.2, -0.15) is 0 Å². The van der Waals surface area contributed by atoms with Crippen LogP contribution < -0.4 is 0 Å². The summed E-state index contributed by atoms with van der Waals surface area (Å²) in [5.41, 5.74) is 0.939. The summed E-state index contributed by atoms with van der Waals surface area (Å²) < 4.78 is 0. The Labute approximate surface area is 59.2 Å². The van der Waals surface area contributed by atoms with Gasteiger partial charge in [-0.15, -0.1) is 0 Å². The monoisotopic (exact) mass is 133 g/mol. The van der Waals surface area contributed by atoms with Crippen LogP contribution in [0, 0.1) is 0 Å². The summed E-state index contributed by atoms with van der Waals surface area (Å²) >= 11 is 0. The van der Waals surface area contributed by atoms with Gasteiger partial charge >= 0.3 is 0 Å². The Balaban J connectivity index is 2.76. The molecular weight excluding hydrogens is 126 g/mol. The maximum Gasteiger partial charge on any atom is 0.232 e. The van der Waals surface area contributed by atoms with E-state index in [1.54, 1.807) is 0 Å². The predicted molar refractivity (Wildman–Crippen MR) is 40.1 cm³/mol. The molecule has 0 saturated heterocycles. The topological polar surface area (TPSA) is 29.4 Å². The molecule has 0 aromatic heterocycles. The number of hydrogen-bond acceptors (Lipinski definition) is 1. The number of carbonyl (C=O) groups excluding carboxylic acids is 1. The van der Waals surface area contributed by atoms with Gasteiger partial charge in [-0.25, -0.2) is 4.99 Å². The molecule has 0 aliphatic carbocycles. The second-order valence-corrected chi connectivity index (χ2v) is 1.79. The standard InChI is InChI=1S/C8H7NO/c10-7-9-6-8-4-2-1-3-5-8/h1-7H. The van der Waals surface area contributed by atoms with Crippen LogP contribution in [0.25, 0.3) is 0 Å². The van der Waals surface area contributed by atoms with Crippen LogP contribution in [-0.4, -0.2) is 12.6 Å². The van der Waals surface area contributed by atoms with E-state index in [0.29, 0.717) is 6.41 Å². The third kappa shape index (κ3) is 1.82. The highest BCUT2D eigenvalue weighted by Gasteiger charge is 1.80. The fourth-order valence-electron chi connectivity index (χ4n) is 0.656. The van der Waals surface area contributed by atoms with Crippen molar-refractivity contribution in [3.8, 4) is 0 Å². The maximum absolute atomic E-state index is 9.78. The van der Waals surface area contributed by atoms with Crippen LogP contribution in [0.4, 0.5) is 0 Å². The molecule has 1 aromatic carbocycles. The van der Waals surface area contributed by atoms with E-state index in [2.05, 4.69) is 4.99 Å². The van der Waals surface area contributed by atoms with Crippen LogP contribution >= 0.6 is 0 Å². The van der Waals surface area contributed by atoms with Crippen molar-refractivity contribution in [1.29, 1.82) is 0 Å². The molecule has 0 fully saturated rings. The summed E-state index contributed by atoms with van der Waals surface area (Å²) in [6.07, 6.45) is 2.04. The SMILES string of the molecule is O=CN=Cc1ccccc1. The Morgan fingerprint density at radius 3 is 2.50 bits per heavy atom. The van der Waals surface area contributed by atoms with E-state index >= 15 is 0 Å². The molecule has 0 saturated carbocycles. The molecule has 0 unspecified atom stereocenters. The van der Waals surface area contributed by atoms with Gasteiger partial charge in [0.15, 0.2) is 0 Å². The van der Waals surface area contributed by atoms with Gasteiger partial charge in [-0.1, -0.05) is 30.3 Å². The van der Waals surface area contributed by atoms with Crippen LogP contribution in [0.3, 0.4) is 0 Å². The van der Waals surface area contributed by atoms with Gasteiger partial charge in [0, 0.05) is 6.21 Å². The molecule has 2 heteroatoms. The molecule has 1 amide bonds. The van der Waals surface area contributed by atoms with E-state index in [0.717, 1.165) is 5.56 Å². The number of hydrogen-bond donors (Lipinski definition) is 0. The number of benzene rings is 1. The van der Waals surface area contributed by atoms with E-state index in [4.69, 9.17) is 0 Å². The summed E-state index contributed by atoms with van der Waals surface area (Å²) in [6.45, 7) is 0. The van der Waals surface area contributed by atoms with Crippen molar-refractivity contribution in [2.45, 2.75) is 0 Å². The van der Waals surface area contributed by atoms with Crippen molar-refractivity contribution in [3.63, 3.8) is 0 Å². The van der Waals surface area contributed by atoms with Gasteiger partial charge in [-0.05, 0) is 5.56 Å². The van der Waals surface area contributed by atoms with Crippen molar-refractivity contribution in [2.75, 3.05) is 0 Å². The second kappa shape index (κ2) is 3.56. The molecular formula is C8H7NO. The Morgan fingerprint density at radius 2 is 1.90 bits per heavy atom. The molecule has 0 radical (unpaired) electrons. The van der Waals surface area contributed by atoms with Crippen LogP contribution in [0.2, 0.25) is 0 Å². The largest absolute Gasteiger partial charge is 0.276 e. The lowest BCUT2D eigenvalue weighted by Gasteiger charge is -1.85. The minimum atomic E-state index is 0.521. The maximum atomic E-state index is 9.78. The first-order valence-electron chi connectivity index (χ1n) is 2.95. The van der Waals surface area contributed by atoms with Gasteiger partial charge in [0.25, 0.3) is 0 Å². The summed E-state index contributed by atoms with van der Waals surface area (Å²) in [5, 5.41) is 0. The lowest BCUT2D eigenvalue weighted by atomic mass is 10.2. The smallest absolute Gasteiger partial charge is 0.232 e. The van der Waals surface area contributed by atoms with E-state index < -0.39 is 0 Å². The molecule has 0 spiro atoms. The number of carbonyl (C=O) groups is 1. The summed E-state index contributed by atoms with van der Waals surface area (Å²) in [5.74, 6) is 0. The van der Waals surface area contributed by atoms with Crippen LogP contribution in [0.5, 0.6) is 0 Å². The minimum absolute atomic E-state index is 0.521. The van der Waals surface area contributed by atoms with Crippen molar-refractivity contribution < 1.29 is 4.79 Å². The first-order chi connectivity index (χ1) is 4.93. The fraction of sp³-hybridized carbons (Fsp3) is 0. The quantitative estimate of drug-likeness (QED) is 0.441. The first kappa shape index (κ1) is 6.68. The van der Waals surface area contributed by atoms with Gasteiger partial charge in [-0.3, -0.25) is 4.79 Å². The number of aliphatic imine (C=N–C) groups is 1. The summed E-state index contributed by atoms with van der Waals surface area (Å²) in [6, 6.07) is 9.47. The lowest BCUT2D eigenvalue weighted by Crippen LogP contribution is -1.77. The first-order valence-corrected chi connectivity index (χ1v) is 2.95. The second-order valence-electron chi connectivity index (χ2n) is 1.79. The third-order valence-corrected chi connectivity index (χ3v) is 1.08. The zero-order chi connectivity index (χ0) is 7.23. The van der Waals surface area contributed by atoms with E-state index in [9.17, 15) is 4.79 Å². The molecule has 0 atom stereocenters. The molecule has 0 aliphatic rings. The number of rotatable bonds is 2. The van der Waals surface area contributed by atoms with Crippen LogP contribution in [-0.2, 0) is 4.79 Å². The predicted octanol–water partition coefficient (Wildman–Crippen LogP) is 1.26. The average Bonchev–Trinajstić information content (AvgIpc) is 2.03. The Bertz CT molecular complexity index is 228. The zero-order valence-corrected chi connectivity index (χ0v) is 5.40. The van der Waals surface area contributed by atoms with E-state index in [-0.39, 0.29) is 0 Å². The van der Waals surface area contributed by atoms with Crippen molar-refractivity contribution >= 4 is 12.6 Å². The molecule has 0 heterocycles. The van der Waals surface area contributed by atoms with Gasteiger partial charge in [0.05, 0.1) is 0 Å². The van der Waals surface area contributed by atoms with Crippen molar-refractivity contribution in [3.05, 3.63) is 35.9 Å². The zero-order valence-electron chi connectivity index (χ0n) is 5.40. The highest BCUT2D eigenvalue weighted by molar-refractivity contribution is 5.84. The molecule has 1 aromatic rings.